The molecule has 2 aromatic carbocycles. The number of benzene rings is 2. The van der Waals surface area contributed by atoms with Gasteiger partial charge in [-0.15, -0.1) is 0 Å². The van der Waals surface area contributed by atoms with Crippen molar-refractivity contribution in [3.8, 4) is 11.5 Å². The van der Waals surface area contributed by atoms with Crippen molar-refractivity contribution in [2.24, 2.45) is 0 Å². The van der Waals surface area contributed by atoms with Crippen molar-refractivity contribution in [1.82, 2.24) is 5.32 Å². The molecule has 24 heavy (non-hydrogen) atoms. The lowest BCUT2D eigenvalue weighted by Gasteiger charge is -2.38. The quantitative estimate of drug-likeness (QED) is 0.809. The van der Waals surface area contributed by atoms with Crippen molar-refractivity contribution < 1.29 is 9.47 Å². The molecule has 1 unspecified atom stereocenters. The van der Waals surface area contributed by atoms with Gasteiger partial charge in [0, 0.05) is 18.0 Å². The van der Waals surface area contributed by atoms with E-state index in [1.54, 1.807) is 7.11 Å². The Morgan fingerprint density at radius 2 is 1.96 bits per heavy atom. The molecule has 0 amide bonds. The summed E-state index contributed by atoms with van der Waals surface area (Å²) in [5, 5.41) is 3.62. The maximum atomic E-state index is 6.14. The van der Waals surface area contributed by atoms with Gasteiger partial charge in [-0.1, -0.05) is 30.3 Å². The lowest BCUT2D eigenvalue weighted by Crippen LogP contribution is -2.38. The molecule has 3 rings (SSSR count). The SMILES string of the molecule is COc1ccc2c(c1)C(CNCCc1ccccc1)CC(C)(C)O2. The zero-order valence-corrected chi connectivity index (χ0v) is 14.8. The highest BCUT2D eigenvalue weighted by Gasteiger charge is 2.33. The first kappa shape index (κ1) is 16.8. The van der Waals surface area contributed by atoms with Gasteiger partial charge in [0.05, 0.1) is 7.11 Å². The predicted octanol–water partition coefficient (Wildman–Crippen LogP) is 4.17. The van der Waals surface area contributed by atoms with Gasteiger partial charge in [-0.25, -0.2) is 0 Å². The maximum absolute atomic E-state index is 6.14. The largest absolute Gasteiger partial charge is 0.497 e. The van der Waals surface area contributed by atoms with Crippen LogP contribution in [0.5, 0.6) is 11.5 Å². The molecule has 0 saturated carbocycles. The van der Waals surface area contributed by atoms with Crippen LogP contribution in [0.15, 0.2) is 48.5 Å². The van der Waals surface area contributed by atoms with Crippen LogP contribution in [0.2, 0.25) is 0 Å². The minimum absolute atomic E-state index is 0.132. The number of ether oxygens (including phenoxy) is 2. The number of rotatable bonds is 6. The van der Waals surface area contributed by atoms with Crippen molar-refractivity contribution in [1.29, 1.82) is 0 Å². The molecule has 3 heteroatoms. The summed E-state index contributed by atoms with van der Waals surface area (Å²) < 4.78 is 11.5. The summed E-state index contributed by atoms with van der Waals surface area (Å²) in [7, 11) is 1.71. The fourth-order valence-corrected chi connectivity index (χ4v) is 3.44. The van der Waals surface area contributed by atoms with Crippen LogP contribution in [0.1, 0.15) is 37.3 Å². The fraction of sp³-hybridized carbons (Fsp3) is 0.429. The maximum Gasteiger partial charge on any atom is 0.123 e. The summed E-state index contributed by atoms with van der Waals surface area (Å²) in [4.78, 5) is 0. The van der Waals surface area contributed by atoms with Gasteiger partial charge in [0.15, 0.2) is 0 Å². The standard InChI is InChI=1S/C21H27NO2/c1-21(2)14-17(15-22-12-11-16-7-5-4-6-8-16)19-13-18(23-3)9-10-20(19)24-21/h4-10,13,17,22H,11-12,14-15H2,1-3H3. The van der Waals surface area contributed by atoms with E-state index in [1.165, 1.54) is 11.1 Å². The van der Waals surface area contributed by atoms with Crippen LogP contribution in [0.3, 0.4) is 0 Å². The van der Waals surface area contributed by atoms with Crippen molar-refractivity contribution in [2.75, 3.05) is 20.2 Å². The molecule has 0 spiro atoms. The summed E-state index contributed by atoms with van der Waals surface area (Å²) in [5.74, 6) is 2.32. The van der Waals surface area contributed by atoms with Crippen molar-refractivity contribution in [3.63, 3.8) is 0 Å². The Morgan fingerprint density at radius 1 is 1.17 bits per heavy atom. The molecule has 2 aromatic rings. The van der Waals surface area contributed by atoms with Crippen LogP contribution >= 0.6 is 0 Å². The lowest BCUT2D eigenvalue weighted by atomic mass is 9.84. The average molecular weight is 325 g/mol. The third kappa shape index (κ3) is 4.09. The normalized spacial score (nSPS) is 18.5. The van der Waals surface area contributed by atoms with Gasteiger partial charge >= 0.3 is 0 Å². The van der Waals surface area contributed by atoms with E-state index in [0.717, 1.165) is 37.4 Å². The van der Waals surface area contributed by atoms with E-state index in [9.17, 15) is 0 Å². The average Bonchev–Trinajstić information content (AvgIpc) is 2.58. The van der Waals surface area contributed by atoms with Crippen molar-refractivity contribution in [2.45, 2.75) is 38.2 Å². The third-order valence-electron chi connectivity index (χ3n) is 4.61. The van der Waals surface area contributed by atoms with E-state index >= 15 is 0 Å². The molecule has 1 aliphatic heterocycles. The van der Waals surface area contributed by atoms with Crippen LogP contribution in [0, 0.1) is 0 Å². The van der Waals surface area contributed by atoms with E-state index in [0.29, 0.717) is 5.92 Å². The number of fused-ring (bicyclic) bond motifs is 1. The molecule has 0 fully saturated rings. The molecule has 0 saturated heterocycles. The summed E-state index contributed by atoms with van der Waals surface area (Å²) in [6, 6.07) is 16.7. The van der Waals surface area contributed by atoms with Gasteiger partial charge < -0.3 is 14.8 Å². The molecule has 1 heterocycles. The van der Waals surface area contributed by atoms with Crippen molar-refractivity contribution >= 4 is 0 Å². The molecule has 1 atom stereocenters. The first-order valence-electron chi connectivity index (χ1n) is 8.69. The Labute approximate surface area is 145 Å². The Kier molecular flexibility index (Phi) is 5.10. The topological polar surface area (TPSA) is 30.5 Å². The minimum Gasteiger partial charge on any atom is -0.497 e. The Balaban J connectivity index is 1.64. The summed E-state index contributed by atoms with van der Waals surface area (Å²) in [5.41, 5.74) is 2.49. The molecule has 0 bridgehead atoms. The highest BCUT2D eigenvalue weighted by atomic mass is 16.5. The molecule has 1 N–H and O–H groups in total. The van der Waals surface area contributed by atoms with E-state index < -0.39 is 0 Å². The monoisotopic (exact) mass is 325 g/mol. The third-order valence-corrected chi connectivity index (χ3v) is 4.61. The Bertz CT molecular complexity index is 667. The molecular formula is C21H27NO2. The summed E-state index contributed by atoms with van der Waals surface area (Å²) >= 11 is 0. The van der Waals surface area contributed by atoms with Gasteiger partial charge in [0.2, 0.25) is 0 Å². The highest BCUT2D eigenvalue weighted by molar-refractivity contribution is 5.44. The van der Waals surface area contributed by atoms with Crippen LogP contribution in [0.4, 0.5) is 0 Å². The number of nitrogens with one attached hydrogen (secondary N) is 1. The first-order chi connectivity index (χ1) is 11.6. The van der Waals surface area contributed by atoms with Crippen LogP contribution in [-0.2, 0) is 6.42 Å². The smallest absolute Gasteiger partial charge is 0.123 e. The van der Waals surface area contributed by atoms with Gasteiger partial charge in [0.1, 0.15) is 17.1 Å². The van der Waals surface area contributed by atoms with Gasteiger partial charge in [-0.05, 0) is 57.0 Å². The van der Waals surface area contributed by atoms with Crippen LogP contribution in [-0.4, -0.2) is 25.8 Å². The van der Waals surface area contributed by atoms with Crippen LogP contribution in [0.25, 0.3) is 0 Å². The van der Waals surface area contributed by atoms with Gasteiger partial charge in [-0.3, -0.25) is 0 Å². The molecule has 1 aliphatic rings. The van der Waals surface area contributed by atoms with Crippen molar-refractivity contribution in [3.05, 3.63) is 59.7 Å². The second kappa shape index (κ2) is 7.27. The molecule has 0 radical (unpaired) electrons. The zero-order valence-electron chi connectivity index (χ0n) is 14.8. The van der Waals surface area contributed by atoms with E-state index in [4.69, 9.17) is 9.47 Å². The molecule has 0 aliphatic carbocycles. The number of methoxy groups -OCH3 is 1. The zero-order chi connectivity index (χ0) is 17.0. The van der Waals surface area contributed by atoms with E-state index in [1.807, 2.05) is 12.1 Å². The fourth-order valence-electron chi connectivity index (χ4n) is 3.44. The number of hydrogen-bond donors (Lipinski definition) is 1. The second-order valence-corrected chi connectivity index (χ2v) is 7.11. The Hall–Kier alpha value is -2.00. The van der Waals surface area contributed by atoms with Gasteiger partial charge in [0.25, 0.3) is 0 Å². The molecule has 3 nitrogen and oxygen atoms in total. The van der Waals surface area contributed by atoms with E-state index in [2.05, 4.69) is 55.6 Å². The lowest BCUT2D eigenvalue weighted by molar-refractivity contribution is 0.0716. The second-order valence-electron chi connectivity index (χ2n) is 7.11. The summed E-state index contributed by atoms with van der Waals surface area (Å²) in [6.07, 6.45) is 2.06. The molecular weight excluding hydrogens is 298 g/mol. The number of hydrogen-bond acceptors (Lipinski definition) is 3. The van der Waals surface area contributed by atoms with E-state index in [-0.39, 0.29) is 5.60 Å². The highest BCUT2D eigenvalue weighted by Crippen LogP contribution is 2.42. The molecule has 0 aromatic heterocycles. The summed E-state index contributed by atoms with van der Waals surface area (Å²) in [6.45, 7) is 6.27. The van der Waals surface area contributed by atoms with Gasteiger partial charge in [-0.2, -0.15) is 0 Å². The first-order valence-corrected chi connectivity index (χ1v) is 8.69. The molecule has 128 valence electrons. The minimum atomic E-state index is -0.132. The predicted molar refractivity (Wildman–Crippen MR) is 98.1 cm³/mol. The Morgan fingerprint density at radius 3 is 2.71 bits per heavy atom. The van der Waals surface area contributed by atoms with Crippen LogP contribution < -0.4 is 14.8 Å².